The fourth-order valence-electron chi connectivity index (χ4n) is 5.11. The Bertz CT molecular complexity index is 1460. The highest BCUT2D eigenvalue weighted by Crippen LogP contribution is 2.40. The second-order valence-electron chi connectivity index (χ2n) is 10.0. The van der Waals surface area contributed by atoms with Gasteiger partial charge in [-0.3, -0.25) is 24.6 Å². The lowest BCUT2D eigenvalue weighted by Crippen LogP contribution is -2.42. The Morgan fingerprint density at radius 2 is 1.68 bits per heavy atom. The van der Waals surface area contributed by atoms with Crippen molar-refractivity contribution in [2.75, 3.05) is 39.4 Å². The van der Waals surface area contributed by atoms with Crippen molar-refractivity contribution in [3.05, 3.63) is 111 Å². The van der Waals surface area contributed by atoms with Crippen LogP contribution in [0.3, 0.4) is 0 Å². The molecule has 2 saturated heterocycles. The Hall–Kier alpha value is -4.54. The fraction of sp³-hybridized carbons (Fsp3) is 0.290. The molecule has 0 bridgehead atoms. The number of aryl methyl sites for hydroxylation is 1. The maximum absolute atomic E-state index is 13.3. The molecule has 5 rings (SSSR count). The van der Waals surface area contributed by atoms with Gasteiger partial charge in [0.15, 0.2) is 0 Å². The number of likely N-dealkylation sites (tertiary alicyclic amines) is 1. The summed E-state index contributed by atoms with van der Waals surface area (Å²) in [6.45, 7) is 5.77. The molecule has 10 heteroatoms. The minimum atomic E-state index is -0.895. The van der Waals surface area contributed by atoms with E-state index in [1.807, 2.05) is 31.2 Å². The Balaban J connectivity index is 1.43. The Morgan fingerprint density at radius 1 is 1.00 bits per heavy atom. The van der Waals surface area contributed by atoms with Crippen molar-refractivity contribution >= 4 is 23.1 Å². The molecule has 10 nitrogen and oxygen atoms in total. The van der Waals surface area contributed by atoms with Crippen molar-refractivity contribution < 1.29 is 29.1 Å². The van der Waals surface area contributed by atoms with Gasteiger partial charge in [0.1, 0.15) is 18.1 Å². The van der Waals surface area contributed by atoms with Gasteiger partial charge in [-0.05, 0) is 60.0 Å². The molecule has 41 heavy (non-hydrogen) atoms. The smallest absolute Gasteiger partial charge is 0.295 e. The maximum Gasteiger partial charge on any atom is 0.295 e. The van der Waals surface area contributed by atoms with Crippen LogP contribution in [0.1, 0.15) is 28.3 Å². The number of aliphatic hydroxyl groups is 1. The van der Waals surface area contributed by atoms with Gasteiger partial charge in [0.25, 0.3) is 17.4 Å². The molecule has 0 aromatic heterocycles. The molecule has 0 spiro atoms. The minimum absolute atomic E-state index is 0.0561. The molecule has 2 heterocycles. The Kier molecular flexibility index (Phi) is 8.42. The van der Waals surface area contributed by atoms with E-state index < -0.39 is 22.7 Å². The zero-order valence-corrected chi connectivity index (χ0v) is 22.7. The highest BCUT2D eigenvalue weighted by atomic mass is 16.6. The largest absolute Gasteiger partial charge is 0.507 e. The van der Waals surface area contributed by atoms with Crippen LogP contribution in [0.15, 0.2) is 78.4 Å². The van der Waals surface area contributed by atoms with Gasteiger partial charge in [-0.15, -0.1) is 0 Å². The molecule has 3 aromatic carbocycles. The second-order valence-corrected chi connectivity index (χ2v) is 10.0. The summed E-state index contributed by atoms with van der Waals surface area (Å²) in [4.78, 5) is 40.9. The summed E-state index contributed by atoms with van der Waals surface area (Å²) < 4.78 is 11.3. The van der Waals surface area contributed by atoms with Crippen LogP contribution < -0.4 is 4.74 Å². The normalized spacial score (nSPS) is 19.0. The number of aliphatic hydroxyl groups excluding tert-OH is 1. The number of nitro benzene ring substituents is 1. The zero-order chi connectivity index (χ0) is 28.9. The standard InChI is InChI=1S/C31H31N3O7/c1-21-4-2-3-5-24(21)20-41-26-12-8-23(9-13-26)29(35)27-28(22-6-10-25(11-7-22)34(38)39)33(31(37)30(27)36)15-14-32-16-18-40-19-17-32/h2-13,28,35H,14-20H2,1H3/b29-27+. The van der Waals surface area contributed by atoms with Gasteiger partial charge < -0.3 is 19.5 Å². The number of carbonyl (C=O) groups excluding carboxylic acids is 2. The fourth-order valence-corrected chi connectivity index (χ4v) is 5.11. The molecule has 0 saturated carbocycles. The van der Waals surface area contributed by atoms with E-state index in [9.17, 15) is 24.8 Å². The van der Waals surface area contributed by atoms with E-state index >= 15 is 0 Å². The quantitative estimate of drug-likeness (QED) is 0.136. The number of benzene rings is 3. The molecular formula is C31H31N3O7. The number of rotatable bonds is 9. The third kappa shape index (κ3) is 6.13. The van der Waals surface area contributed by atoms with Gasteiger partial charge in [-0.1, -0.05) is 24.3 Å². The molecule has 0 aliphatic carbocycles. The minimum Gasteiger partial charge on any atom is -0.507 e. The molecule has 1 N–H and O–H groups in total. The maximum atomic E-state index is 13.3. The van der Waals surface area contributed by atoms with Crippen molar-refractivity contribution in [1.82, 2.24) is 9.80 Å². The summed E-state index contributed by atoms with van der Waals surface area (Å²) in [6, 6.07) is 19.4. The third-order valence-electron chi connectivity index (χ3n) is 7.50. The van der Waals surface area contributed by atoms with Gasteiger partial charge in [0.2, 0.25) is 0 Å². The molecule has 1 atom stereocenters. The first kappa shape index (κ1) is 28.0. The first-order valence-electron chi connectivity index (χ1n) is 13.4. The number of nitro groups is 1. The number of non-ortho nitro benzene ring substituents is 1. The van der Waals surface area contributed by atoms with Crippen molar-refractivity contribution in [2.45, 2.75) is 19.6 Å². The highest BCUT2D eigenvalue weighted by Gasteiger charge is 2.46. The number of Topliss-reactive ketones (excluding diaryl/α,β-unsaturated/α-hetero) is 1. The van der Waals surface area contributed by atoms with E-state index in [0.717, 1.165) is 11.1 Å². The van der Waals surface area contributed by atoms with E-state index in [2.05, 4.69) is 4.90 Å². The Labute approximate surface area is 237 Å². The second kappa shape index (κ2) is 12.3. The van der Waals surface area contributed by atoms with Crippen LogP contribution in [0.4, 0.5) is 5.69 Å². The van der Waals surface area contributed by atoms with Crippen LogP contribution in [0.5, 0.6) is 5.75 Å². The zero-order valence-electron chi connectivity index (χ0n) is 22.7. The van der Waals surface area contributed by atoms with Crippen LogP contribution >= 0.6 is 0 Å². The van der Waals surface area contributed by atoms with Gasteiger partial charge in [0, 0.05) is 43.9 Å². The summed E-state index contributed by atoms with van der Waals surface area (Å²) in [6.07, 6.45) is 0. The molecule has 1 unspecified atom stereocenters. The van der Waals surface area contributed by atoms with E-state index in [-0.39, 0.29) is 23.6 Å². The summed E-state index contributed by atoms with van der Waals surface area (Å²) in [7, 11) is 0. The molecule has 0 radical (unpaired) electrons. The lowest BCUT2D eigenvalue weighted by Gasteiger charge is -2.31. The number of morpholine rings is 1. The summed E-state index contributed by atoms with van der Waals surface area (Å²) in [5, 5.41) is 22.6. The van der Waals surface area contributed by atoms with Gasteiger partial charge >= 0.3 is 0 Å². The SMILES string of the molecule is Cc1ccccc1COc1ccc(/C(O)=C2\C(=O)C(=O)N(CCN3CCOCC3)C2c2ccc([N+](=O)[O-])cc2)cc1. The number of carbonyl (C=O) groups is 2. The number of ether oxygens (including phenoxy) is 2. The molecular weight excluding hydrogens is 526 g/mol. The number of ketones is 1. The molecule has 2 aliphatic rings. The van der Waals surface area contributed by atoms with Crippen LogP contribution in [0.25, 0.3) is 5.76 Å². The summed E-state index contributed by atoms with van der Waals surface area (Å²) >= 11 is 0. The first-order chi connectivity index (χ1) is 19.8. The van der Waals surface area contributed by atoms with E-state index in [4.69, 9.17) is 9.47 Å². The van der Waals surface area contributed by atoms with E-state index in [1.165, 1.54) is 29.2 Å². The number of hydrogen-bond donors (Lipinski definition) is 1. The number of hydrogen-bond acceptors (Lipinski definition) is 8. The monoisotopic (exact) mass is 557 g/mol. The van der Waals surface area contributed by atoms with Crippen LogP contribution in [0, 0.1) is 17.0 Å². The van der Waals surface area contributed by atoms with Gasteiger partial charge in [-0.2, -0.15) is 0 Å². The van der Waals surface area contributed by atoms with Crippen molar-refractivity contribution in [3.63, 3.8) is 0 Å². The molecule has 1 amide bonds. The van der Waals surface area contributed by atoms with Crippen molar-refractivity contribution in [1.29, 1.82) is 0 Å². The topological polar surface area (TPSA) is 122 Å². The summed E-state index contributed by atoms with van der Waals surface area (Å²) in [5.74, 6) is -1.25. The number of amides is 1. The van der Waals surface area contributed by atoms with Crippen molar-refractivity contribution in [3.8, 4) is 5.75 Å². The predicted octanol–water partition coefficient (Wildman–Crippen LogP) is 4.24. The van der Waals surface area contributed by atoms with E-state index in [0.29, 0.717) is 56.3 Å². The molecule has 2 aliphatic heterocycles. The highest BCUT2D eigenvalue weighted by molar-refractivity contribution is 6.46. The molecule has 3 aromatic rings. The third-order valence-corrected chi connectivity index (χ3v) is 7.50. The molecule has 2 fully saturated rings. The number of nitrogens with zero attached hydrogens (tertiary/aromatic N) is 3. The molecule has 212 valence electrons. The first-order valence-corrected chi connectivity index (χ1v) is 13.4. The predicted molar refractivity (Wildman–Crippen MR) is 151 cm³/mol. The van der Waals surface area contributed by atoms with Gasteiger partial charge in [0.05, 0.1) is 29.8 Å². The average Bonchev–Trinajstić information content (AvgIpc) is 3.25. The van der Waals surface area contributed by atoms with Crippen LogP contribution in [-0.4, -0.2) is 70.9 Å². The van der Waals surface area contributed by atoms with Crippen LogP contribution in [-0.2, 0) is 20.9 Å². The van der Waals surface area contributed by atoms with Crippen molar-refractivity contribution in [2.24, 2.45) is 0 Å². The Morgan fingerprint density at radius 3 is 2.34 bits per heavy atom. The van der Waals surface area contributed by atoms with Crippen LogP contribution in [0.2, 0.25) is 0 Å². The average molecular weight is 558 g/mol. The lowest BCUT2D eigenvalue weighted by atomic mass is 9.95. The lowest BCUT2D eigenvalue weighted by molar-refractivity contribution is -0.384. The summed E-state index contributed by atoms with van der Waals surface area (Å²) in [5.41, 5.74) is 2.86. The van der Waals surface area contributed by atoms with E-state index in [1.54, 1.807) is 24.3 Å². The van der Waals surface area contributed by atoms with Gasteiger partial charge in [-0.25, -0.2) is 0 Å².